The van der Waals surface area contributed by atoms with E-state index in [-0.39, 0.29) is 22.0 Å². The summed E-state index contributed by atoms with van der Waals surface area (Å²) in [7, 11) is 1.45. The standard InChI is InChI=1S/C24H16N2O6S2/c1-32-15-6-3-2-5-13(15)20(27)18-19(16-7-4-10-33-16)26(22(29)21(18)28)24-25-14-9-8-12(23(30)31)11-17(14)34-24/h2-11,19,27H,1H3,(H,30,31)/b20-18+. The zero-order valence-electron chi connectivity index (χ0n) is 17.6. The third-order valence-electron chi connectivity index (χ3n) is 5.45. The number of para-hydroxylation sites is 1. The zero-order chi connectivity index (χ0) is 24.0. The summed E-state index contributed by atoms with van der Waals surface area (Å²) < 4.78 is 5.90. The molecule has 1 amide bonds. The number of benzene rings is 2. The minimum atomic E-state index is -1.08. The number of Topliss-reactive ketones (excluding diaryl/α,β-unsaturated/α-hetero) is 1. The van der Waals surface area contributed by atoms with Crippen molar-refractivity contribution in [2.75, 3.05) is 12.0 Å². The summed E-state index contributed by atoms with van der Waals surface area (Å²) in [6.45, 7) is 0. The van der Waals surface area contributed by atoms with Crippen molar-refractivity contribution < 1.29 is 29.3 Å². The smallest absolute Gasteiger partial charge is 0.335 e. The highest BCUT2D eigenvalue weighted by Crippen LogP contribution is 2.46. The second-order valence-corrected chi connectivity index (χ2v) is 9.36. The maximum Gasteiger partial charge on any atom is 0.335 e. The van der Waals surface area contributed by atoms with Gasteiger partial charge in [-0.3, -0.25) is 14.5 Å². The lowest BCUT2D eigenvalue weighted by molar-refractivity contribution is -0.132. The van der Waals surface area contributed by atoms with Crippen LogP contribution >= 0.6 is 22.7 Å². The highest BCUT2D eigenvalue weighted by atomic mass is 32.1. The summed E-state index contributed by atoms with van der Waals surface area (Å²) in [5, 5.41) is 22.5. The minimum Gasteiger partial charge on any atom is -0.507 e. The van der Waals surface area contributed by atoms with Crippen LogP contribution in [0, 0.1) is 0 Å². The van der Waals surface area contributed by atoms with Gasteiger partial charge in [0.05, 0.1) is 34.0 Å². The first kappa shape index (κ1) is 21.8. The second-order valence-electron chi connectivity index (χ2n) is 7.37. The Hall–Kier alpha value is -4.02. The number of carboxylic acid groups (broad SMARTS) is 1. The Labute approximate surface area is 201 Å². The van der Waals surface area contributed by atoms with Gasteiger partial charge in [-0.05, 0) is 41.8 Å². The van der Waals surface area contributed by atoms with Crippen molar-refractivity contribution in [2.45, 2.75) is 6.04 Å². The van der Waals surface area contributed by atoms with E-state index in [1.54, 1.807) is 42.5 Å². The van der Waals surface area contributed by atoms with Crippen LogP contribution in [-0.4, -0.2) is 40.0 Å². The monoisotopic (exact) mass is 492 g/mol. The molecule has 1 fully saturated rings. The normalized spacial score (nSPS) is 17.4. The predicted octanol–water partition coefficient (Wildman–Crippen LogP) is 4.69. The van der Waals surface area contributed by atoms with Crippen LogP contribution in [0.15, 0.2) is 65.6 Å². The number of nitrogens with zero attached hydrogens (tertiary/aromatic N) is 2. The van der Waals surface area contributed by atoms with Crippen molar-refractivity contribution in [1.29, 1.82) is 0 Å². The van der Waals surface area contributed by atoms with Gasteiger partial charge in [-0.1, -0.05) is 29.5 Å². The lowest BCUT2D eigenvalue weighted by Crippen LogP contribution is -2.28. The van der Waals surface area contributed by atoms with Crippen molar-refractivity contribution in [3.63, 3.8) is 0 Å². The lowest BCUT2D eigenvalue weighted by atomic mass is 9.99. The average molecular weight is 493 g/mol. The average Bonchev–Trinajstić information content (AvgIpc) is 3.56. The number of ketones is 1. The van der Waals surface area contributed by atoms with Crippen molar-refractivity contribution >= 4 is 61.4 Å². The number of aliphatic hydroxyl groups excluding tert-OH is 1. The molecule has 0 aliphatic carbocycles. The molecule has 1 unspecified atom stereocenters. The van der Waals surface area contributed by atoms with Crippen LogP contribution in [0.2, 0.25) is 0 Å². The Morgan fingerprint density at radius 3 is 2.59 bits per heavy atom. The van der Waals surface area contributed by atoms with E-state index in [4.69, 9.17) is 4.74 Å². The van der Waals surface area contributed by atoms with Crippen LogP contribution in [0.1, 0.15) is 26.8 Å². The van der Waals surface area contributed by atoms with E-state index in [0.29, 0.717) is 26.4 Å². The number of carbonyl (C=O) groups is 3. The number of aromatic carboxylic acids is 1. The first-order valence-corrected chi connectivity index (χ1v) is 11.7. The number of aromatic nitrogens is 1. The van der Waals surface area contributed by atoms with Crippen LogP contribution in [-0.2, 0) is 9.59 Å². The molecule has 1 atom stereocenters. The Kier molecular flexibility index (Phi) is 5.39. The van der Waals surface area contributed by atoms with Crippen LogP contribution in [0.3, 0.4) is 0 Å². The van der Waals surface area contributed by atoms with Gasteiger partial charge in [0.25, 0.3) is 5.78 Å². The number of carboxylic acids is 1. The minimum absolute atomic E-state index is 0.0672. The van der Waals surface area contributed by atoms with Gasteiger partial charge in [-0.15, -0.1) is 11.3 Å². The second kappa shape index (κ2) is 8.40. The van der Waals surface area contributed by atoms with Gasteiger partial charge in [-0.25, -0.2) is 9.78 Å². The maximum atomic E-state index is 13.2. The Morgan fingerprint density at radius 2 is 1.88 bits per heavy atom. The number of thiazole rings is 1. The molecule has 1 aliphatic rings. The van der Waals surface area contributed by atoms with Crippen LogP contribution in [0.4, 0.5) is 5.13 Å². The van der Waals surface area contributed by atoms with Gasteiger partial charge in [0.15, 0.2) is 5.13 Å². The van der Waals surface area contributed by atoms with Gasteiger partial charge >= 0.3 is 11.9 Å². The number of methoxy groups -OCH3 is 1. The fraction of sp³-hybridized carbons (Fsp3) is 0.0833. The molecule has 1 saturated heterocycles. The van der Waals surface area contributed by atoms with E-state index >= 15 is 0 Å². The molecule has 3 heterocycles. The van der Waals surface area contributed by atoms with E-state index in [2.05, 4.69) is 4.98 Å². The molecule has 5 rings (SSSR count). The molecular weight excluding hydrogens is 476 g/mol. The predicted molar refractivity (Wildman–Crippen MR) is 129 cm³/mol. The van der Waals surface area contributed by atoms with E-state index in [1.165, 1.54) is 35.5 Å². The zero-order valence-corrected chi connectivity index (χ0v) is 19.2. The molecule has 2 N–H and O–H groups in total. The van der Waals surface area contributed by atoms with Gasteiger partial charge in [0.2, 0.25) is 0 Å². The van der Waals surface area contributed by atoms with Crippen molar-refractivity contribution in [2.24, 2.45) is 0 Å². The topological polar surface area (TPSA) is 117 Å². The number of hydrogen-bond donors (Lipinski definition) is 2. The number of thiophene rings is 1. The third-order valence-corrected chi connectivity index (χ3v) is 7.39. The molecule has 34 heavy (non-hydrogen) atoms. The SMILES string of the molecule is COc1ccccc1/C(O)=C1\C(=O)C(=O)N(c2nc3ccc(C(=O)O)cc3s2)C1c1cccs1. The molecule has 8 nitrogen and oxygen atoms in total. The van der Waals surface area contributed by atoms with Crippen LogP contribution in [0.5, 0.6) is 5.75 Å². The third kappa shape index (κ3) is 3.44. The molecule has 2 aromatic heterocycles. The summed E-state index contributed by atoms with van der Waals surface area (Å²) >= 11 is 2.44. The molecule has 2 aromatic carbocycles. The molecule has 10 heteroatoms. The molecule has 170 valence electrons. The number of aliphatic hydroxyl groups is 1. The Balaban J connectivity index is 1.71. The highest BCUT2D eigenvalue weighted by molar-refractivity contribution is 7.22. The number of hydrogen-bond acceptors (Lipinski definition) is 8. The van der Waals surface area contributed by atoms with Gasteiger partial charge < -0.3 is 14.9 Å². The van der Waals surface area contributed by atoms with Crippen molar-refractivity contribution in [3.05, 3.63) is 81.6 Å². The fourth-order valence-corrected chi connectivity index (χ4v) is 5.73. The molecular formula is C24H16N2O6S2. The van der Waals surface area contributed by atoms with Crippen molar-refractivity contribution in [1.82, 2.24) is 4.98 Å². The Morgan fingerprint density at radius 1 is 1.09 bits per heavy atom. The van der Waals surface area contributed by atoms with Gasteiger partial charge in [-0.2, -0.15) is 0 Å². The summed E-state index contributed by atoms with van der Waals surface area (Å²) in [5.41, 5.74) is 0.819. The quantitative estimate of drug-likeness (QED) is 0.236. The lowest BCUT2D eigenvalue weighted by Gasteiger charge is -2.21. The molecule has 0 bridgehead atoms. The number of anilines is 1. The Bertz CT molecular complexity index is 1490. The largest absolute Gasteiger partial charge is 0.507 e. The highest BCUT2D eigenvalue weighted by Gasteiger charge is 2.48. The molecule has 0 spiro atoms. The molecule has 0 radical (unpaired) electrons. The molecule has 1 aliphatic heterocycles. The number of rotatable bonds is 5. The molecule has 4 aromatic rings. The van der Waals surface area contributed by atoms with E-state index in [9.17, 15) is 24.6 Å². The van der Waals surface area contributed by atoms with Crippen LogP contribution in [0.25, 0.3) is 16.0 Å². The van der Waals surface area contributed by atoms with E-state index in [1.807, 2.05) is 5.38 Å². The number of fused-ring (bicyclic) bond motifs is 1. The maximum absolute atomic E-state index is 13.2. The first-order chi connectivity index (χ1) is 16.4. The summed E-state index contributed by atoms with van der Waals surface area (Å²) in [6, 6.07) is 13.8. The summed E-state index contributed by atoms with van der Waals surface area (Å²) in [5.74, 6) is -2.73. The van der Waals surface area contributed by atoms with Crippen molar-refractivity contribution in [3.8, 4) is 5.75 Å². The van der Waals surface area contributed by atoms with E-state index in [0.717, 1.165) is 11.3 Å². The van der Waals surface area contributed by atoms with E-state index < -0.39 is 23.7 Å². The fourth-order valence-electron chi connectivity index (χ4n) is 3.88. The van der Waals surface area contributed by atoms with Crippen LogP contribution < -0.4 is 9.64 Å². The molecule has 0 saturated carbocycles. The number of amides is 1. The summed E-state index contributed by atoms with van der Waals surface area (Å²) in [4.78, 5) is 44.2. The number of carbonyl (C=O) groups excluding carboxylic acids is 2. The van der Waals surface area contributed by atoms with Gasteiger partial charge in [0.1, 0.15) is 17.6 Å². The number of ether oxygens (including phenoxy) is 1. The first-order valence-electron chi connectivity index (χ1n) is 10.0. The summed E-state index contributed by atoms with van der Waals surface area (Å²) in [6.07, 6.45) is 0. The van der Waals surface area contributed by atoms with Gasteiger partial charge in [0, 0.05) is 4.88 Å².